The standard InChI is InChI=1S/C5H7N/c1-6-4-2-3-5-6/h2-3H,4H2,1H3. The molecule has 0 saturated heterocycles. The first kappa shape index (κ1) is 3.88. The molecule has 2 radical (unpaired) electrons. The number of rotatable bonds is 0. The Labute approximate surface area is 38.3 Å². The lowest BCUT2D eigenvalue weighted by molar-refractivity contribution is 0.492. The first-order valence-electron chi connectivity index (χ1n) is 2.02. The van der Waals surface area contributed by atoms with Crippen LogP contribution < -0.4 is 0 Å². The molecule has 0 aromatic rings. The summed E-state index contributed by atoms with van der Waals surface area (Å²) < 4.78 is 0. The molecule has 0 aliphatic carbocycles. The zero-order valence-electron chi connectivity index (χ0n) is 3.81. The van der Waals surface area contributed by atoms with Crippen LogP contribution in [0.4, 0.5) is 0 Å². The van der Waals surface area contributed by atoms with Crippen molar-refractivity contribution in [2.24, 2.45) is 0 Å². The average molecular weight is 81.1 g/mol. The molecule has 0 aromatic carbocycles. The van der Waals surface area contributed by atoms with Crippen LogP contribution in [0.2, 0.25) is 0 Å². The Morgan fingerprint density at radius 1 is 1.83 bits per heavy atom. The maximum Gasteiger partial charge on any atom is 0.0881 e. The van der Waals surface area contributed by atoms with Gasteiger partial charge in [-0.2, -0.15) is 0 Å². The van der Waals surface area contributed by atoms with E-state index in [1.807, 2.05) is 18.0 Å². The predicted octanol–water partition coefficient (Wildman–Crippen LogP) is 0.527. The quantitative estimate of drug-likeness (QED) is 0.411. The minimum atomic E-state index is 1.03. The highest BCUT2D eigenvalue weighted by Crippen LogP contribution is 1.96. The van der Waals surface area contributed by atoms with E-state index in [4.69, 9.17) is 0 Å². The van der Waals surface area contributed by atoms with Crippen LogP contribution in [0.15, 0.2) is 12.2 Å². The van der Waals surface area contributed by atoms with E-state index >= 15 is 0 Å². The summed E-state index contributed by atoms with van der Waals surface area (Å²) in [6.45, 7) is 4.00. The minimum Gasteiger partial charge on any atom is -0.290 e. The second-order valence-corrected chi connectivity index (χ2v) is 1.41. The van der Waals surface area contributed by atoms with Gasteiger partial charge in [0.05, 0.1) is 6.54 Å². The molecule has 1 rings (SSSR count). The van der Waals surface area contributed by atoms with E-state index in [2.05, 4.69) is 12.6 Å². The van der Waals surface area contributed by atoms with Gasteiger partial charge in [-0.3, -0.25) is 4.90 Å². The molecule has 1 aliphatic heterocycles. The number of hydrogen-bond acceptors (Lipinski definition) is 1. The molecule has 1 heterocycles. The van der Waals surface area contributed by atoms with Crippen molar-refractivity contribution < 1.29 is 0 Å². The topological polar surface area (TPSA) is 3.24 Å². The Morgan fingerprint density at radius 2 is 2.67 bits per heavy atom. The molecule has 0 N–H and O–H groups in total. The lowest BCUT2D eigenvalue weighted by Gasteiger charge is -1.99. The van der Waals surface area contributed by atoms with Crippen LogP contribution in [0, 0.1) is 6.54 Å². The fourth-order valence-electron chi connectivity index (χ4n) is 0.443. The van der Waals surface area contributed by atoms with Gasteiger partial charge in [0.2, 0.25) is 0 Å². The van der Waals surface area contributed by atoms with Gasteiger partial charge < -0.3 is 0 Å². The molecular formula is C5H7N. The van der Waals surface area contributed by atoms with E-state index in [1.54, 1.807) is 0 Å². The summed E-state index contributed by atoms with van der Waals surface area (Å²) in [7, 11) is 2.00. The maximum absolute atomic E-state index is 2.97. The van der Waals surface area contributed by atoms with Gasteiger partial charge in [-0.05, 0) is 7.05 Å². The number of hydrogen-bond donors (Lipinski definition) is 0. The van der Waals surface area contributed by atoms with Crippen molar-refractivity contribution in [1.29, 1.82) is 0 Å². The highest BCUT2D eigenvalue weighted by atomic mass is 15.1. The van der Waals surface area contributed by atoms with Crippen LogP contribution in [-0.2, 0) is 0 Å². The van der Waals surface area contributed by atoms with Gasteiger partial charge in [-0.15, -0.1) is 0 Å². The Kier molecular flexibility index (Phi) is 0.926. The van der Waals surface area contributed by atoms with Crippen LogP contribution in [0.5, 0.6) is 0 Å². The second-order valence-electron chi connectivity index (χ2n) is 1.41. The Bertz CT molecular complexity index is 58.3. The highest BCUT2D eigenvalue weighted by molar-refractivity contribution is 5.02. The molecule has 1 aliphatic rings. The van der Waals surface area contributed by atoms with Crippen LogP contribution in [0.3, 0.4) is 0 Å². The van der Waals surface area contributed by atoms with Crippen molar-refractivity contribution in [3.05, 3.63) is 18.7 Å². The third-order valence-electron chi connectivity index (χ3n) is 0.792. The predicted molar refractivity (Wildman–Crippen MR) is 25.0 cm³/mol. The molecule has 32 valence electrons. The van der Waals surface area contributed by atoms with E-state index in [9.17, 15) is 0 Å². The van der Waals surface area contributed by atoms with Crippen molar-refractivity contribution in [2.75, 3.05) is 13.6 Å². The summed E-state index contributed by atoms with van der Waals surface area (Å²) in [5, 5.41) is 0. The molecule has 0 amide bonds. The second kappa shape index (κ2) is 1.43. The van der Waals surface area contributed by atoms with Crippen molar-refractivity contribution in [3.8, 4) is 0 Å². The molecule has 0 spiro atoms. The fourth-order valence-corrected chi connectivity index (χ4v) is 0.443. The first-order valence-corrected chi connectivity index (χ1v) is 2.02. The molecule has 0 atom stereocenters. The van der Waals surface area contributed by atoms with Gasteiger partial charge in [0.25, 0.3) is 0 Å². The summed E-state index contributed by atoms with van der Waals surface area (Å²) in [5.74, 6) is 0. The minimum absolute atomic E-state index is 1.03. The van der Waals surface area contributed by atoms with E-state index < -0.39 is 0 Å². The molecule has 0 fully saturated rings. The molecule has 0 aromatic heterocycles. The molecule has 0 unspecified atom stereocenters. The van der Waals surface area contributed by atoms with Gasteiger partial charge >= 0.3 is 0 Å². The lowest BCUT2D eigenvalue weighted by atomic mass is 10.6. The van der Waals surface area contributed by atoms with Gasteiger partial charge in [0.1, 0.15) is 0 Å². The summed E-state index contributed by atoms with van der Waals surface area (Å²) in [4.78, 5) is 2.00. The summed E-state index contributed by atoms with van der Waals surface area (Å²) in [5.41, 5.74) is 0. The fraction of sp³-hybridized carbons (Fsp3) is 0.400. The third kappa shape index (κ3) is 0.601. The molecule has 0 bridgehead atoms. The zero-order chi connectivity index (χ0) is 4.41. The highest BCUT2D eigenvalue weighted by Gasteiger charge is 1.96. The van der Waals surface area contributed by atoms with Gasteiger partial charge in [-0.1, -0.05) is 12.2 Å². The monoisotopic (exact) mass is 81.1 g/mol. The van der Waals surface area contributed by atoms with Crippen LogP contribution >= 0.6 is 0 Å². The average Bonchev–Trinajstić information content (AvgIpc) is 1.86. The molecule has 0 saturated carbocycles. The van der Waals surface area contributed by atoms with Crippen molar-refractivity contribution in [1.82, 2.24) is 4.90 Å². The lowest BCUT2D eigenvalue weighted by Crippen LogP contribution is -2.07. The first-order chi connectivity index (χ1) is 2.89. The van der Waals surface area contributed by atoms with E-state index in [1.165, 1.54) is 0 Å². The van der Waals surface area contributed by atoms with E-state index in [0.29, 0.717) is 0 Å². The SMILES string of the molecule is CN1[C]C=CC1. The normalized spacial score (nSPS) is 22.8. The largest absolute Gasteiger partial charge is 0.290 e. The summed E-state index contributed by atoms with van der Waals surface area (Å²) in [6, 6.07) is 0. The van der Waals surface area contributed by atoms with Crippen LogP contribution in [0.25, 0.3) is 0 Å². The molecule has 6 heavy (non-hydrogen) atoms. The van der Waals surface area contributed by atoms with E-state index in [-0.39, 0.29) is 0 Å². The summed E-state index contributed by atoms with van der Waals surface area (Å²) in [6.07, 6.45) is 4.00. The van der Waals surface area contributed by atoms with Crippen molar-refractivity contribution in [3.63, 3.8) is 0 Å². The Morgan fingerprint density at radius 3 is 2.83 bits per heavy atom. The smallest absolute Gasteiger partial charge is 0.0881 e. The maximum atomic E-state index is 2.97. The van der Waals surface area contributed by atoms with Gasteiger partial charge in [0, 0.05) is 6.54 Å². The third-order valence-corrected chi connectivity index (χ3v) is 0.792. The Hall–Kier alpha value is -0.300. The van der Waals surface area contributed by atoms with Crippen LogP contribution in [0.1, 0.15) is 0 Å². The van der Waals surface area contributed by atoms with Crippen molar-refractivity contribution in [2.45, 2.75) is 0 Å². The van der Waals surface area contributed by atoms with Gasteiger partial charge in [0.15, 0.2) is 0 Å². The van der Waals surface area contributed by atoms with E-state index in [0.717, 1.165) is 6.54 Å². The van der Waals surface area contributed by atoms with Crippen LogP contribution in [-0.4, -0.2) is 18.5 Å². The number of nitrogens with zero attached hydrogens (tertiary/aromatic N) is 1. The molecule has 1 heteroatoms. The van der Waals surface area contributed by atoms with Gasteiger partial charge in [-0.25, -0.2) is 0 Å². The molecular weight excluding hydrogens is 74.1 g/mol. The zero-order valence-corrected chi connectivity index (χ0v) is 3.81. The van der Waals surface area contributed by atoms with Crippen molar-refractivity contribution >= 4 is 0 Å². The Balaban J connectivity index is 2.32. The molecule has 1 nitrogen and oxygen atoms in total. The summed E-state index contributed by atoms with van der Waals surface area (Å²) >= 11 is 0. The number of likely N-dealkylation sites (N-methyl/N-ethyl adjacent to an activating group) is 1.